The second-order valence-electron chi connectivity index (χ2n) is 4.72. The van der Waals surface area contributed by atoms with E-state index >= 15 is 0 Å². The molecule has 0 radical (unpaired) electrons. The van der Waals surface area contributed by atoms with Crippen LogP contribution in [0.4, 0.5) is 13.2 Å². The van der Waals surface area contributed by atoms with Crippen LogP contribution in [0.3, 0.4) is 0 Å². The van der Waals surface area contributed by atoms with E-state index in [0.29, 0.717) is 18.2 Å². The number of hydrogen-bond acceptors (Lipinski definition) is 3. The summed E-state index contributed by atoms with van der Waals surface area (Å²) in [5.41, 5.74) is 0.550. The fourth-order valence-corrected chi connectivity index (χ4v) is 2.27. The van der Waals surface area contributed by atoms with Crippen LogP contribution in [0.5, 0.6) is 5.75 Å². The molecule has 1 N–H and O–H groups in total. The van der Waals surface area contributed by atoms with Gasteiger partial charge in [-0.25, -0.2) is 0 Å². The molecule has 1 aliphatic rings. The second-order valence-corrected chi connectivity index (χ2v) is 4.72. The summed E-state index contributed by atoms with van der Waals surface area (Å²) < 4.78 is 41.0. The number of nitrogens with zero attached hydrogens (tertiary/aromatic N) is 1. The Bertz CT molecular complexity index is 422. The molecule has 1 aromatic rings. The lowest BCUT2D eigenvalue weighted by Crippen LogP contribution is -2.33. The van der Waals surface area contributed by atoms with Crippen molar-refractivity contribution in [3.8, 4) is 5.75 Å². The van der Waals surface area contributed by atoms with E-state index in [1.54, 1.807) is 18.2 Å². The third kappa shape index (κ3) is 4.85. The van der Waals surface area contributed by atoms with Crippen LogP contribution in [0, 0.1) is 0 Å². The van der Waals surface area contributed by atoms with Crippen LogP contribution in [-0.2, 0) is 6.54 Å². The molecule has 0 spiro atoms. The molecule has 1 saturated heterocycles. The first-order valence-corrected chi connectivity index (χ1v) is 6.20. The normalized spacial score (nSPS) is 18.9. The Balaban J connectivity index is 0.00000200. The Labute approximate surface area is 122 Å². The lowest BCUT2D eigenvalue weighted by molar-refractivity contribution is -0.275. The van der Waals surface area contributed by atoms with Gasteiger partial charge in [-0.1, -0.05) is 18.2 Å². The number of halogens is 4. The van der Waals surface area contributed by atoms with Gasteiger partial charge in [-0.3, -0.25) is 4.90 Å². The van der Waals surface area contributed by atoms with Gasteiger partial charge in [0.2, 0.25) is 0 Å². The number of nitrogens with one attached hydrogen (secondary N) is 1. The van der Waals surface area contributed by atoms with E-state index in [4.69, 9.17) is 0 Å². The Morgan fingerprint density at radius 1 is 1.35 bits per heavy atom. The summed E-state index contributed by atoms with van der Waals surface area (Å²) >= 11 is 0. The summed E-state index contributed by atoms with van der Waals surface area (Å²) in [6.45, 7) is 2.27. The molecule has 0 amide bonds. The molecule has 1 unspecified atom stereocenters. The highest BCUT2D eigenvalue weighted by Crippen LogP contribution is 2.27. The van der Waals surface area contributed by atoms with Crippen molar-refractivity contribution in [1.29, 1.82) is 0 Å². The summed E-state index contributed by atoms with van der Waals surface area (Å²) in [5.74, 6) is -0.118. The Morgan fingerprint density at radius 3 is 2.65 bits per heavy atom. The fourth-order valence-electron chi connectivity index (χ4n) is 2.27. The zero-order valence-corrected chi connectivity index (χ0v) is 11.9. The van der Waals surface area contributed by atoms with Gasteiger partial charge >= 0.3 is 6.36 Å². The number of hydrogen-bond donors (Lipinski definition) is 1. The molecule has 1 aliphatic heterocycles. The molecule has 0 aromatic heterocycles. The number of likely N-dealkylation sites (N-methyl/N-ethyl adjacent to an activating group) is 1. The smallest absolute Gasteiger partial charge is 0.405 e. The van der Waals surface area contributed by atoms with Crippen LogP contribution < -0.4 is 10.1 Å². The number of rotatable bonds is 4. The van der Waals surface area contributed by atoms with Gasteiger partial charge < -0.3 is 10.1 Å². The van der Waals surface area contributed by atoms with Crippen LogP contribution in [0.15, 0.2) is 24.3 Å². The lowest BCUT2D eigenvalue weighted by Gasteiger charge is -2.24. The minimum absolute atomic E-state index is 0. The average molecular weight is 311 g/mol. The number of para-hydroxylation sites is 1. The summed E-state index contributed by atoms with van der Waals surface area (Å²) in [5, 5.41) is 3.24. The average Bonchev–Trinajstić information content (AvgIpc) is 2.83. The molecule has 1 atom stereocenters. The molecule has 0 aliphatic carbocycles. The highest BCUT2D eigenvalue weighted by molar-refractivity contribution is 5.85. The van der Waals surface area contributed by atoms with Crippen molar-refractivity contribution < 1.29 is 17.9 Å². The van der Waals surface area contributed by atoms with Crippen LogP contribution in [-0.4, -0.2) is 37.4 Å². The third-order valence-electron chi connectivity index (χ3n) is 3.28. The van der Waals surface area contributed by atoms with Crippen LogP contribution >= 0.6 is 12.4 Å². The van der Waals surface area contributed by atoms with Gasteiger partial charge in [-0.15, -0.1) is 25.6 Å². The van der Waals surface area contributed by atoms with Gasteiger partial charge in [0.1, 0.15) is 5.75 Å². The van der Waals surface area contributed by atoms with Gasteiger partial charge in [0.25, 0.3) is 0 Å². The van der Waals surface area contributed by atoms with Gasteiger partial charge in [-0.2, -0.15) is 0 Å². The van der Waals surface area contributed by atoms with Gasteiger partial charge in [-0.05, 0) is 26.1 Å². The van der Waals surface area contributed by atoms with E-state index in [1.807, 2.05) is 7.05 Å². The zero-order valence-electron chi connectivity index (χ0n) is 11.1. The highest BCUT2D eigenvalue weighted by Gasteiger charge is 2.32. The van der Waals surface area contributed by atoms with E-state index in [-0.39, 0.29) is 18.2 Å². The van der Waals surface area contributed by atoms with E-state index in [9.17, 15) is 13.2 Å². The van der Waals surface area contributed by atoms with Crippen molar-refractivity contribution in [3.63, 3.8) is 0 Å². The molecule has 20 heavy (non-hydrogen) atoms. The van der Waals surface area contributed by atoms with Crippen molar-refractivity contribution >= 4 is 12.4 Å². The molecule has 1 fully saturated rings. The minimum atomic E-state index is -4.65. The number of benzene rings is 1. The van der Waals surface area contributed by atoms with E-state index in [0.717, 1.165) is 19.5 Å². The van der Waals surface area contributed by atoms with Crippen LogP contribution in [0.1, 0.15) is 12.0 Å². The summed E-state index contributed by atoms with van der Waals surface area (Å²) in [6.07, 6.45) is -3.64. The maximum absolute atomic E-state index is 12.3. The largest absolute Gasteiger partial charge is 0.573 e. The summed E-state index contributed by atoms with van der Waals surface area (Å²) in [6, 6.07) is 6.64. The monoisotopic (exact) mass is 310 g/mol. The number of alkyl halides is 3. The van der Waals surface area contributed by atoms with Crippen molar-refractivity contribution in [2.45, 2.75) is 25.4 Å². The molecule has 7 heteroatoms. The second kappa shape index (κ2) is 7.15. The summed E-state index contributed by atoms with van der Waals surface area (Å²) in [7, 11) is 1.92. The molecule has 1 aromatic carbocycles. The first-order valence-electron chi connectivity index (χ1n) is 6.20. The van der Waals surface area contributed by atoms with Crippen molar-refractivity contribution in [2.75, 3.05) is 20.1 Å². The molecular formula is C13H18ClF3N2O. The predicted molar refractivity (Wildman–Crippen MR) is 73.1 cm³/mol. The van der Waals surface area contributed by atoms with Gasteiger partial charge in [0.15, 0.2) is 0 Å². The van der Waals surface area contributed by atoms with E-state index < -0.39 is 6.36 Å². The van der Waals surface area contributed by atoms with Crippen LogP contribution in [0.25, 0.3) is 0 Å². The minimum Gasteiger partial charge on any atom is -0.405 e. The van der Waals surface area contributed by atoms with E-state index in [2.05, 4.69) is 15.0 Å². The molecule has 1 heterocycles. The maximum atomic E-state index is 12.3. The zero-order chi connectivity index (χ0) is 13.9. The topological polar surface area (TPSA) is 24.5 Å². The highest BCUT2D eigenvalue weighted by atomic mass is 35.5. The standard InChI is InChI=1S/C13H17F3N2O.ClH/c1-18(11-6-7-17-8-11)9-10-4-2-3-5-12(10)19-13(14,15)16;/h2-5,11,17H,6-9H2,1H3;1H. The molecule has 0 bridgehead atoms. The molecular weight excluding hydrogens is 293 g/mol. The van der Waals surface area contributed by atoms with Gasteiger partial charge in [0.05, 0.1) is 0 Å². The first-order chi connectivity index (χ1) is 8.96. The maximum Gasteiger partial charge on any atom is 0.573 e. The Hall–Kier alpha value is -0.980. The first kappa shape index (κ1) is 17.1. The van der Waals surface area contributed by atoms with Gasteiger partial charge in [0, 0.05) is 24.7 Å². The number of ether oxygens (including phenoxy) is 1. The molecule has 3 nitrogen and oxygen atoms in total. The van der Waals surface area contributed by atoms with Crippen molar-refractivity contribution in [1.82, 2.24) is 10.2 Å². The Kier molecular flexibility index (Phi) is 6.10. The van der Waals surface area contributed by atoms with Crippen molar-refractivity contribution in [3.05, 3.63) is 29.8 Å². The lowest BCUT2D eigenvalue weighted by atomic mass is 10.1. The fraction of sp³-hybridized carbons (Fsp3) is 0.538. The summed E-state index contributed by atoms with van der Waals surface area (Å²) in [4.78, 5) is 2.05. The SMILES string of the molecule is CN(Cc1ccccc1OC(F)(F)F)C1CCNC1.Cl. The Morgan fingerprint density at radius 2 is 2.05 bits per heavy atom. The molecule has 2 rings (SSSR count). The third-order valence-corrected chi connectivity index (χ3v) is 3.28. The quantitative estimate of drug-likeness (QED) is 0.925. The van der Waals surface area contributed by atoms with Crippen LogP contribution in [0.2, 0.25) is 0 Å². The van der Waals surface area contributed by atoms with E-state index in [1.165, 1.54) is 6.07 Å². The molecule has 114 valence electrons. The van der Waals surface area contributed by atoms with Crippen molar-refractivity contribution in [2.24, 2.45) is 0 Å². The molecule has 0 saturated carbocycles. The predicted octanol–water partition coefficient (Wildman–Crippen LogP) is 2.80.